The van der Waals surface area contributed by atoms with Crippen LogP contribution in [0.5, 0.6) is 0 Å². The van der Waals surface area contributed by atoms with Crippen LogP contribution in [0.2, 0.25) is 0 Å². The van der Waals surface area contributed by atoms with Crippen molar-refractivity contribution in [2.45, 2.75) is 46.8 Å². The standard InChI is InChI=1S/C18H27N3O2S.HI/c1-6-19-17(20-10-15-8-7-13(3)24-15)21-11-18(5,22)16-9-12(2)23-14(16)4;/h7-9,22H,6,10-11H2,1-5H3,(H2,19,20,21);1H. The number of rotatable bonds is 6. The third kappa shape index (κ3) is 6.31. The number of thiophene rings is 1. The molecule has 0 radical (unpaired) electrons. The maximum absolute atomic E-state index is 10.8. The van der Waals surface area contributed by atoms with Crippen molar-refractivity contribution in [1.29, 1.82) is 0 Å². The Labute approximate surface area is 171 Å². The van der Waals surface area contributed by atoms with E-state index in [0.29, 0.717) is 19.0 Å². The Morgan fingerprint density at radius 1 is 1.28 bits per heavy atom. The van der Waals surface area contributed by atoms with Crippen molar-refractivity contribution in [3.63, 3.8) is 0 Å². The molecule has 0 amide bonds. The monoisotopic (exact) mass is 477 g/mol. The molecular weight excluding hydrogens is 449 g/mol. The van der Waals surface area contributed by atoms with Crippen LogP contribution in [0.4, 0.5) is 0 Å². The summed E-state index contributed by atoms with van der Waals surface area (Å²) in [7, 11) is 0. The van der Waals surface area contributed by atoms with Gasteiger partial charge in [0.15, 0.2) is 5.96 Å². The Kier molecular flexibility index (Phi) is 8.43. The molecule has 0 spiro atoms. The highest BCUT2D eigenvalue weighted by Crippen LogP contribution is 2.26. The molecule has 140 valence electrons. The van der Waals surface area contributed by atoms with E-state index in [1.807, 2.05) is 26.8 Å². The molecule has 2 aromatic heterocycles. The van der Waals surface area contributed by atoms with Gasteiger partial charge in [-0.3, -0.25) is 0 Å². The lowest BCUT2D eigenvalue weighted by Gasteiger charge is -2.24. The van der Waals surface area contributed by atoms with Crippen molar-refractivity contribution in [2.75, 3.05) is 13.1 Å². The fraction of sp³-hybridized carbons (Fsp3) is 0.500. The number of aryl methyl sites for hydroxylation is 3. The topological polar surface area (TPSA) is 69.8 Å². The SMILES string of the molecule is CCNC(=NCc1ccc(C)s1)NCC(C)(O)c1cc(C)oc1C.I. The lowest BCUT2D eigenvalue weighted by molar-refractivity contribution is 0.0601. The normalized spacial score (nSPS) is 13.9. The van der Waals surface area contributed by atoms with E-state index >= 15 is 0 Å². The molecule has 0 aliphatic heterocycles. The highest BCUT2D eigenvalue weighted by atomic mass is 127. The van der Waals surface area contributed by atoms with Crippen LogP contribution in [0.25, 0.3) is 0 Å². The second-order valence-electron chi connectivity index (χ2n) is 6.16. The van der Waals surface area contributed by atoms with Gasteiger partial charge in [0.1, 0.15) is 17.1 Å². The number of nitrogens with zero attached hydrogens (tertiary/aromatic N) is 1. The molecule has 2 rings (SSSR count). The van der Waals surface area contributed by atoms with Gasteiger partial charge in [-0.2, -0.15) is 0 Å². The quantitative estimate of drug-likeness (QED) is 0.336. The van der Waals surface area contributed by atoms with Gasteiger partial charge < -0.3 is 20.2 Å². The molecule has 0 aliphatic carbocycles. The maximum atomic E-state index is 10.8. The van der Waals surface area contributed by atoms with E-state index in [1.165, 1.54) is 9.75 Å². The number of halogens is 1. The first-order valence-corrected chi connectivity index (χ1v) is 9.01. The minimum absolute atomic E-state index is 0. The minimum Gasteiger partial charge on any atom is -0.466 e. The average Bonchev–Trinajstić information content (AvgIpc) is 3.07. The second-order valence-corrected chi connectivity index (χ2v) is 7.53. The zero-order chi connectivity index (χ0) is 17.7. The summed E-state index contributed by atoms with van der Waals surface area (Å²) in [6, 6.07) is 6.08. The molecule has 0 aliphatic rings. The van der Waals surface area contributed by atoms with E-state index in [9.17, 15) is 5.11 Å². The van der Waals surface area contributed by atoms with Gasteiger partial charge in [0.25, 0.3) is 0 Å². The van der Waals surface area contributed by atoms with Crippen LogP contribution in [0.15, 0.2) is 27.6 Å². The van der Waals surface area contributed by atoms with Crippen LogP contribution < -0.4 is 10.6 Å². The van der Waals surface area contributed by atoms with Crippen LogP contribution in [0.3, 0.4) is 0 Å². The molecule has 0 saturated carbocycles. The van der Waals surface area contributed by atoms with Gasteiger partial charge >= 0.3 is 0 Å². The molecule has 0 aromatic carbocycles. The van der Waals surface area contributed by atoms with Crippen molar-refractivity contribution >= 4 is 41.3 Å². The zero-order valence-electron chi connectivity index (χ0n) is 15.5. The van der Waals surface area contributed by atoms with Gasteiger partial charge in [0.05, 0.1) is 13.1 Å². The third-order valence-electron chi connectivity index (χ3n) is 3.75. The zero-order valence-corrected chi connectivity index (χ0v) is 18.6. The summed E-state index contributed by atoms with van der Waals surface area (Å²) in [6.45, 7) is 11.4. The third-order valence-corrected chi connectivity index (χ3v) is 4.74. The van der Waals surface area contributed by atoms with E-state index in [1.54, 1.807) is 18.3 Å². The van der Waals surface area contributed by atoms with Crippen molar-refractivity contribution in [1.82, 2.24) is 10.6 Å². The summed E-state index contributed by atoms with van der Waals surface area (Å²) >= 11 is 1.75. The molecule has 1 unspecified atom stereocenters. The smallest absolute Gasteiger partial charge is 0.191 e. The molecule has 0 saturated heterocycles. The molecule has 5 nitrogen and oxygen atoms in total. The van der Waals surface area contributed by atoms with Gasteiger partial charge in [0.2, 0.25) is 0 Å². The fourth-order valence-electron chi connectivity index (χ4n) is 2.59. The van der Waals surface area contributed by atoms with E-state index in [0.717, 1.165) is 23.6 Å². The largest absolute Gasteiger partial charge is 0.466 e. The number of aliphatic imine (C=N–C) groups is 1. The summed E-state index contributed by atoms with van der Waals surface area (Å²) in [6.07, 6.45) is 0. The Bertz CT molecular complexity index is 707. The summed E-state index contributed by atoms with van der Waals surface area (Å²) in [5.41, 5.74) is -0.227. The van der Waals surface area contributed by atoms with Crippen LogP contribution >= 0.6 is 35.3 Å². The number of hydrogen-bond donors (Lipinski definition) is 3. The molecular formula is C18H28IN3O2S. The van der Waals surface area contributed by atoms with Crippen LogP contribution in [0.1, 0.15) is 40.7 Å². The molecule has 2 heterocycles. The predicted molar refractivity (Wildman–Crippen MR) is 115 cm³/mol. The molecule has 0 fully saturated rings. The van der Waals surface area contributed by atoms with Crippen molar-refractivity contribution < 1.29 is 9.52 Å². The molecule has 1 atom stereocenters. The lowest BCUT2D eigenvalue weighted by Crippen LogP contribution is -2.44. The van der Waals surface area contributed by atoms with Crippen LogP contribution in [-0.4, -0.2) is 24.2 Å². The molecule has 3 N–H and O–H groups in total. The Balaban J connectivity index is 0.00000312. The summed E-state index contributed by atoms with van der Waals surface area (Å²) < 4.78 is 5.53. The number of aliphatic hydroxyl groups is 1. The number of furan rings is 1. The maximum Gasteiger partial charge on any atom is 0.191 e. The number of guanidine groups is 1. The Hall–Kier alpha value is -1.06. The number of hydrogen-bond acceptors (Lipinski definition) is 4. The second kappa shape index (κ2) is 9.59. The van der Waals surface area contributed by atoms with E-state index in [2.05, 4.69) is 34.7 Å². The summed E-state index contributed by atoms with van der Waals surface area (Å²) in [5.74, 6) is 2.24. The Morgan fingerprint density at radius 3 is 2.52 bits per heavy atom. The van der Waals surface area contributed by atoms with E-state index in [4.69, 9.17) is 4.42 Å². The number of nitrogens with one attached hydrogen (secondary N) is 2. The van der Waals surface area contributed by atoms with E-state index < -0.39 is 5.60 Å². The van der Waals surface area contributed by atoms with Crippen molar-refractivity contribution in [3.05, 3.63) is 45.0 Å². The van der Waals surface area contributed by atoms with Crippen molar-refractivity contribution in [2.24, 2.45) is 4.99 Å². The summed E-state index contributed by atoms with van der Waals surface area (Å²) in [4.78, 5) is 7.10. The first kappa shape index (κ1) is 22.0. The fourth-order valence-corrected chi connectivity index (χ4v) is 3.40. The van der Waals surface area contributed by atoms with Crippen molar-refractivity contribution in [3.8, 4) is 0 Å². The predicted octanol–water partition coefficient (Wildman–Crippen LogP) is 3.85. The van der Waals surface area contributed by atoms with E-state index in [-0.39, 0.29) is 24.0 Å². The van der Waals surface area contributed by atoms with Gasteiger partial charge in [-0.05, 0) is 52.8 Å². The van der Waals surface area contributed by atoms with Gasteiger partial charge in [-0.15, -0.1) is 35.3 Å². The molecule has 25 heavy (non-hydrogen) atoms. The van der Waals surface area contributed by atoms with Gasteiger partial charge in [0, 0.05) is 21.9 Å². The highest BCUT2D eigenvalue weighted by Gasteiger charge is 2.27. The highest BCUT2D eigenvalue weighted by molar-refractivity contribution is 14.0. The molecule has 7 heteroatoms. The molecule has 2 aromatic rings. The molecule has 0 bridgehead atoms. The van der Waals surface area contributed by atoms with Gasteiger partial charge in [-0.25, -0.2) is 4.99 Å². The van der Waals surface area contributed by atoms with Gasteiger partial charge in [-0.1, -0.05) is 0 Å². The Morgan fingerprint density at radius 2 is 2.00 bits per heavy atom. The lowest BCUT2D eigenvalue weighted by atomic mass is 9.96. The first-order valence-electron chi connectivity index (χ1n) is 8.19. The first-order chi connectivity index (χ1) is 11.3. The average molecular weight is 477 g/mol. The van der Waals surface area contributed by atoms with Crippen LogP contribution in [-0.2, 0) is 12.1 Å². The van der Waals surface area contributed by atoms with Crippen LogP contribution in [0, 0.1) is 20.8 Å². The summed E-state index contributed by atoms with van der Waals surface area (Å²) in [5, 5.41) is 17.2. The minimum atomic E-state index is -1.03.